The van der Waals surface area contributed by atoms with Crippen LogP contribution in [0.1, 0.15) is 21.5 Å². The summed E-state index contributed by atoms with van der Waals surface area (Å²) in [6.45, 7) is 0. The van der Waals surface area contributed by atoms with Crippen LogP contribution in [0.5, 0.6) is 0 Å². The topological polar surface area (TPSA) is 61.1 Å². The lowest BCUT2D eigenvalue weighted by Gasteiger charge is -2.08. The number of hydrogen-bond acceptors (Lipinski definition) is 2. The molecule has 0 radical (unpaired) electrons. The predicted octanol–water partition coefficient (Wildman–Crippen LogP) is 2.28. The summed E-state index contributed by atoms with van der Waals surface area (Å²) in [5.74, 6) is 2.56. The van der Waals surface area contributed by atoms with E-state index in [0.717, 1.165) is 6.07 Å². The van der Waals surface area contributed by atoms with Crippen LogP contribution in [0.3, 0.4) is 0 Å². The highest BCUT2D eigenvalue weighted by Crippen LogP contribution is 2.30. The molecule has 0 aliphatic heterocycles. The number of benzene rings is 1. The minimum Gasteiger partial charge on any atom is -0.478 e. The van der Waals surface area contributed by atoms with Gasteiger partial charge in [-0.1, -0.05) is 0 Å². The summed E-state index contributed by atoms with van der Waals surface area (Å²) in [6, 6.07) is 3.58. The van der Waals surface area contributed by atoms with Crippen molar-refractivity contribution < 1.29 is 23.1 Å². The standard InChI is InChI=1S/C11H4F3NO2/c12-11(13,14)8-4-3-7(2-1-5-15)9(6-8)10(16)17/h3-4,6H,(H,16,17). The Bertz CT molecular complexity index is 559. The van der Waals surface area contributed by atoms with Crippen LogP contribution in [0.2, 0.25) is 0 Å². The second-order valence-corrected chi connectivity index (χ2v) is 2.93. The Kier molecular flexibility index (Phi) is 3.40. The van der Waals surface area contributed by atoms with E-state index < -0.39 is 23.3 Å². The maximum absolute atomic E-state index is 12.3. The number of carboxylic acid groups (broad SMARTS) is 1. The summed E-state index contributed by atoms with van der Waals surface area (Å²) >= 11 is 0. The summed E-state index contributed by atoms with van der Waals surface area (Å²) < 4.78 is 37.0. The van der Waals surface area contributed by atoms with Crippen LogP contribution in [-0.2, 0) is 6.18 Å². The minimum atomic E-state index is -4.62. The first kappa shape index (κ1) is 12.6. The molecule has 3 nitrogen and oxygen atoms in total. The number of nitrogens with zero attached hydrogens (tertiary/aromatic N) is 1. The second kappa shape index (κ2) is 4.58. The van der Waals surface area contributed by atoms with E-state index in [1.54, 1.807) is 0 Å². The Morgan fingerprint density at radius 2 is 2.00 bits per heavy atom. The van der Waals surface area contributed by atoms with Gasteiger partial charge in [-0.15, -0.1) is 0 Å². The molecule has 0 aliphatic rings. The van der Waals surface area contributed by atoms with Gasteiger partial charge in [-0.2, -0.15) is 18.4 Å². The molecule has 17 heavy (non-hydrogen) atoms. The number of nitriles is 1. The first-order valence-corrected chi connectivity index (χ1v) is 4.21. The Labute approximate surface area is 94.1 Å². The highest BCUT2D eigenvalue weighted by atomic mass is 19.4. The Morgan fingerprint density at radius 3 is 2.47 bits per heavy atom. The first-order valence-electron chi connectivity index (χ1n) is 4.21. The third kappa shape index (κ3) is 2.99. The van der Waals surface area contributed by atoms with Crippen molar-refractivity contribution in [2.24, 2.45) is 0 Å². The van der Waals surface area contributed by atoms with Gasteiger partial charge in [-0.05, 0) is 24.1 Å². The molecule has 1 N–H and O–H groups in total. The zero-order chi connectivity index (χ0) is 13.1. The molecule has 86 valence electrons. The number of alkyl halides is 3. The molecular formula is C11H4F3NO2. The van der Waals surface area contributed by atoms with Crippen LogP contribution in [0.15, 0.2) is 18.2 Å². The van der Waals surface area contributed by atoms with Crippen molar-refractivity contribution >= 4 is 5.97 Å². The number of carbonyl (C=O) groups is 1. The maximum Gasteiger partial charge on any atom is 0.416 e. The molecule has 0 atom stereocenters. The molecule has 6 heteroatoms. The van der Waals surface area contributed by atoms with E-state index in [4.69, 9.17) is 10.4 Å². The Hall–Kier alpha value is -2.47. The van der Waals surface area contributed by atoms with Crippen LogP contribution in [-0.4, -0.2) is 11.1 Å². The third-order valence-corrected chi connectivity index (χ3v) is 1.83. The lowest BCUT2D eigenvalue weighted by Crippen LogP contribution is -2.08. The van der Waals surface area contributed by atoms with Crippen molar-refractivity contribution in [1.29, 1.82) is 5.26 Å². The molecule has 0 aliphatic carbocycles. The van der Waals surface area contributed by atoms with Crippen LogP contribution in [0.4, 0.5) is 13.2 Å². The van der Waals surface area contributed by atoms with Gasteiger partial charge in [-0.3, -0.25) is 0 Å². The molecule has 0 amide bonds. The molecule has 0 saturated heterocycles. The van der Waals surface area contributed by atoms with Crippen molar-refractivity contribution in [3.8, 4) is 17.9 Å². The Balaban J connectivity index is 3.38. The van der Waals surface area contributed by atoms with Crippen molar-refractivity contribution in [3.63, 3.8) is 0 Å². The number of aromatic carboxylic acids is 1. The molecule has 1 aromatic rings. The zero-order valence-electron chi connectivity index (χ0n) is 8.17. The molecule has 0 bridgehead atoms. The number of carboxylic acids is 1. The normalized spacial score (nSPS) is 10.0. The van der Waals surface area contributed by atoms with E-state index in [1.807, 2.05) is 5.92 Å². The highest BCUT2D eigenvalue weighted by molar-refractivity contribution is 5.91. The summed E-state index contributed by atoms with van der Waals surface area (Å²) in [5, 5.41) is 16.9. The maximum atomic E-state index is 12.3. The van der Waals surface area contributed by atoms with Crippen LogP contribution < -0.4 is 0 Å². The van der Waals surface area contributed by atoms with Crippen molar-refractivity contribution in [2.75, 3.05) is 0 Å². The van der Waals surface area contributed by atoms with Gasteiger partial charge >= 0.3 is 12.1 Å². The quantitative estimate of drug-likeness (QED) is 0.764. The molecule has 0 fully saturated rings. The molecule has 0 aromatic heterocycles. The predicted molar refractivity (Wildman–Crippen MR) is 50.9 cm³/mol. The summed E-state index contributed by atoms with van der Waals surface area (Å²) in [6.07, 6.45) is -4.62. The van der Waals surface area contributed by atoms with Crippen molar-refractivity contribution in [1.82, 2.24) is 0 Å². The summed E-state index contributed by atoms with van der Waals surface area (Å²) in [4.78, 5) is 10.7. The second-order valence-electron chi connectivity index (χ2n) is 2.93. The van der Waals surface area contributed by atoms with Gasteiger partial charge in [0.15, 0.2) is 6.07 Å². The minimum absolute atomic E-state index is 0.132. The average molecular weight is 239 g/mol. The molecule has 0 spiro atoms. The molecule has 0 saturated carbocycles. The molecule has 0 unspecified atom stereocenters. The smallest absolute Gasteiger partial charge is 0.416 e. The monoisotopic (exact) mass is 239 g/mol. The number of hydrogen-bond donors (Lipinski definition) is 1. The van der Waals surface area contributed by atoms with Crippen LogP contribution >= 0.6 is 0 Å². The summed E-state index contributed by atoms with van der Waals surface area (Å²) in [5.41, 5.74) is -1.79. The third-order valence-electron chi connectivity index (χ3n) is 1.83. The molecule has 1 rings (SSSR count). The number of halogens is 3. The van der Waals surface area contributed by atoms with Gasteiger partial charge in [0.05, 0.1) is 11.1 Å². The lowest BCUT2D eigenvalue weighted by atomic mass is 10.0. The zero-order valence-corrected chi connectivity index (χ0v) is 8.17. The van der Waals surface area contributed by atoms with Crippen molar-refractivity contribution in [3.05, 3.63) is 34.9 Å². The largest absolute Gasteiger partial charge is 0.478 e. The van der Waals surface area contributed by atoms with E-state index in [2.05, 4.69) is 5.92 Å². The van der Waals surface area contributed by atoms with E-state index in [-0.39, 0.29) is 5.56 Å². The van der Waals surface area contributed by atoms with Gasteiger partial charge in [0.2, 0.25) is 0 Å². The van der Waals surface area contributed by atoms with Gasteiger partial charge < -0.3 is 5.11 Å². The van der Waals surface area contributed by atoms with Crippen LogP contribution in [0.25, 0.3) is 0 Å². The number of rotatable bonds is 1. The van der Waals surface area contributed by atoms with Gasteiger partial charge in [-0.25, -0.2) is 4.79 Å². The van der Waals surface area contributed by atoms with Gasteiger partial charge in [0.25, 0.3) is 0 Å². The first-order chi connectivity index (χ1) is 7.86. The Morgan fingerprint density at radius 1 is 1.35 bits per heavy atom. The molecular weight excluding hydrogens is 235 g/mol. The fourth-order valence-electron chi connectivity index (χ4n) is 1.10. The van der Waals surface area contributed by atoms with Crippen LogP contribution in [0, 0.1) is 23.2 Å². The fraction of sp³-hybridized carbons (Fsp3) is 0.0909. The van der Waals surface area contributed by atoms with Gasteiger partial charge in [0, 0.05) is 11.5 Å². The SMILES string of the molecule is N#CC#Cc1ccc(C(F)(F)F)cc1C(=O)O. The summed E-state index contributed by atoms with van der Waals surface area (Å²) in [7, 11) is 0. The molecule has 1 aromatic carbocycles. The molecule has 0 heterocycles. The van der Waals surface area contributed by atoms with E-state index >= 15 is 0 Å². The van der Waals surface area contributed by atoms with E-state index in [1.165, 1.54) is 6.07 Å². The van der Waals surface area contributed by atoms with E-state index in [9.17, 15) is 18.0 Å². The van der Waals surface area contributed by atoms with Gasteiger partial charge in [0.1, 0.15) is 0 Å². The lowest BCUT2D eigenvalue weighted by molar-refractivity contribution is -0.137. The fourth-order valence-corrected chi connectivity index (χ4v) is 1.10. The average Bonchev–Trinajstić information content (AvgIpc) is 2.24. The van der Waals surface area contributed by atoms with Crippen molar-refractivity contribution in [2.45, 2.75) is 6.18 Å². The highest BCUT2D eigenvalue weighted by Gasteiger charge is 2.31. The van der Waals surface area contributed by atoms with E-state index in [0.29, 0.717) is 12.1 Å².